The zero-order valence-corrected chi connectivity index (χ0v) is 7.08. The fraction of sp³-hybridized carbons (Fsp3) is 0.571. The minimum atomic E-state index is -2.08. The lowest BCUT2D eigenvalue weighted by atomic mass is 9.97. The molecule has 0 aromatic carbocycles. The molecule has 7 nitrogen and oxygen atoms in total. The first kappa shape index (κ1) is 12.4. The van der Waals surface area contributed by atoms with Crippen molar-refractivity contribution >= 4 is 17.9 Å². The molecule has 0 saturated carbocycles. The zero-order chi connectivity index (χ0) is 11.3. The van der Waals surface area contributed by atoms with Crippen LogP contribution in [0.4, 0.5) is 0 Å². The summed E-state index contributed by atoms with van der Waals surface area (Å²) in [6, 6.07) is 0. The molecule has 0 saturated heterocycles. The van der Waals surface area contributed by atoms with Gasteiger partial charge >= 0.3 is 17.9 Å². The lowest BCUT2D eigenvalue weighted by molar-refractivity contribution is -0.160. The second-order valence-electron chi connectivity index (χ2n) is 2.66. The Morgan fingerprint density at radius 3 is 1.79 bits per heavy atom. The van der Waals surface area contributed by atoms with Crippen molar-refractivity contribution in [2.24, 2.45) is 5.92 Å². The topological polar surface area (TPSA) is 132 Å². The summed E-state index contributed by atoms with van der Waals surface area (Å²) in [7, 11) is 0. The van der Waals surface area contributed by atoms with Gasteiger partial charge in [-0.15, -0.1) is 0 Å². The maximum atomic E-state index is 10.4. The van der Waals surface area contributed by atoms with Gasteiger partial charge in [0.2, 0.25) is 0 Å². The third kappa shape index (κ3) is 3.85. The molecule has 0 aliphatic rings. The Hall–Kier alpha value is -1.63. The van der Waals surface area contributed by atoms with E-state index in [1.54, 1.807) is 0 Å². The van der Waals surface area contributed by atoms with Gasteiger partial charge < -0.3 is 20.4 Å². The number of hydrogen-bond acceptors (Lipinski definition) is 4. The van der Waals surface area contributed by atoms with Crippen LogP contribution in [0.2, 0.25) is 0 Å². The lowest BCUT2D eigenvalue weighted by Crippen LogP contribution is -2.35. The Bertz CT molecular complexity index is 246. The molecule has 0 aliphatic carbocycles. The molecule has 0 fully saturated rings. The maximum Gasteiger partial charge on any atom is 0.333 e. The van der Waals surface area contributed by atoms with Gasteiger partial charge in [-0.25, -0.2) is 4.79 Å². The monoisotopic (exact) mass is 206 g/mol. The van der Waals surface area contributed by atoms with Crippen LogP contribution in [0.5, 0.6) is 0 Å². The van der Waals surface area contributed by atoms with E-state index in [4.69, 9.17) is 20.4 Å². The van der Waals surface area contributed by atoms with Crippen LogP contribution < -0.4 is 0 Å². The lowest BCUT2D eigenvalue weighted by Gasteiger charge is -2.13. The van der Waals surface area contributed by atoms with E-state index in [0.717, 1.165) is 0 Å². The van der Waals surface area contributed by atoms with Crippen molar-refractivity contribution in [2.75, 3.05) is 0 Å². The summed E-state index contributed by atoms with van der Waals surface area (Å²) < 4.78 is 0. The van der Waals surface area contributed by atoms with Gasteiger partial charge in [0.15, 0.2) is 6.10 Å². The molecule has 7 heteroatoms. The molecular weight excluding hydrogens is 196 g/mol. The first-order chi connectivity index (χ1) is 6.36. The van der Waals surface area contributed by atoms with Gasteiger partial charge in [0.25, 0.3) is 0 Å². The van der Waals surface area contributed by atoms with Crippen LogP contribution in [0.3, 0.4) is 0 Å². The third-order valence-corrected chi connectivity index (χ3v) is 1.62. The summed E-state index contributed by atoms with van der Waals surface area (Å²) in [5.74, 6) is -6.04. The average molecular weight is 206 g/mol. The second kappa shape index (κ2) is 5.18. The van der Waals surface area contributed by atoms with Crippen LogP contribution >= 0.6 is 0 Å². The predicted molar refractivity (Wildman–Crippen MR) is 41.6 cm³/mol. The number of carboxylic acid groups (broad SMARTS) is 3. The number of hydrogen-bond donors (Lipinski definition) is 4. The maximum absolute atomic E-state index is 10.4. The van der Waals surface area contributed by atoms with E-state index in [0.29, 0.717) is 0 Å². The van der Waals surface area contributed by atoms with Crippen molar-refractivity contribution in [1.82, 2.24) is 0 Å². The molecule has 4 N–H and O–H groups in total. The number of rotatable bonds is 6. The molecule has 0 bridgehead atoms. The summed E-state index contributed by atoms with van der Waals surface area (Å²) in [4.78, 5) is 30.8. The van der Waals surface area contributed by atoms with Gasteiger partial charge in [-0.05, 0) is 6.42 Å². The standard InChI is InChI=1S/C7H10O7/c8-4(9)2-1-3(6(11)12)5(10)7(13)14/h3,5,10H,1-2H2,(H,8,9)(H,11,12)(H,13,14). The third-order valence-electron chi connectivity index (χ3n) is 1.62. The zero-order valence-electron chi connectivity index (χ0n) is 7.08. The Balaban J connectivity index is 4.37. The number of carbonyl (C=O) groups is 3. The summed E-state index contributed by atoms with van der Waals surface area (Å²) in [6.45, 7) is 0. The number of aliphatic carboxylic acids is 3. The van der Waals surface area contributed by atoms with Crippen molar-refractivity contribution in [3.05, 3.63) is 0 Å². The van der Waals surface area contributed by atoms with Crippen LogP contribution in [0, 0.1) is 5.92 Å². The van der Waals surface area contributed by atoms with Crippen molar-refractivity contribution in [2.45, 2.75) is 18.9 Å². The van der Waals surface area contributed by atoms with E-state index >= 15 is 0 Å². The predicted octanol–water partition coefficient (Wildman–Crippen LogP) is -1.00. The van der Waals surface area contributed by atoms with Gasteiger partial charge in [-0.3, -0.25) is 9.59 Å². The normalized spacial score (nSPS) is 14.4. The van der Waals surface area contributed by atoms with Gasteiger partial charge in [0, 0.05) is 6.42 Å². The van der Waals surface area contributed by atoms with E-state index in [-0.39, 0.29) is 0 Å². The fourth-order valence-corrected chi connectivity index (χ4v) is 0.867. The molecule has 0 radical (unpaired) electrons. The molecule has 0 aliphatic heterocycles. The van der Waals surface area contributed by atoms with Gasteiger partial charge in [0.1, 0.15) is 0 Å². The van der Waals surface area contributed by atoms with E-state index in [2.05, 4.69) is 0 Å². The first-order valence-corrected chi connectivity index (χ1v) is 3.71. The Labute approximate surface area is 78.6 Å². The van der Waals surface area contributed by atoms with Crippen LogP contribution in [-0.2, 0) is 14.4 Å². The molecule has 0 heterocycles. The number of carboxylic acids is 3. The van der Waals surface area contributed by atoms with Crippen molar-refractivity contribution in [3.63, 3.8) is 0 Å². The summed E-state index contributed by atoms with van der Waals surface area (Å²) in [6.07, 6.45) is -2.99. The minimum Gasteiger partial charge on any atom is -0.481 e. The molecule has 0 aromatic rings. The van der Waals surface area contributed by atoms with Gasteiger partial charge in [0.05, 0.1) is 5.92 Å². The van der Waals surface area contributed by atoms with Crippen LogP contribution in [0.15, 0.2) is 0 Å². The molecule has 80 valence electrons. The molecule has 0 aromatic heterocycles. The Kier molecular flexibility index (Phi) is 4.57. The molecule has 0 rings (SSSR count). The van der Waals surface area contributed by atoms with E-state index < -0.39 is 42.8 Å². The highest BCUT2D eigenvalue weighted by Gasteiger charge is 2.32. The first-order valence-electron chi connectivity index (χ1n) is 3.71. The number of aliphatic hydroxyl groups excluding tert-OH is 1. The van der Waals surface area contributed by atoms with Crippen molar-refractivity contribution in [3.8, 4) is 0 Å². The molecular formula is C7H10O7. The highest BCUT2D eigenvalue weighted by Crippen LogP contribution is 2.12. The number of aliphatic hydroxyl groups is 1. The SMILES string of the molecule is O=C(O)CCC(C(=O)O)C(O)C(=O)O. The largest absolute Gasteiger partial charge is 0.481 e. The van der Waals surface area contributed by atoms with Crippen LogP contribution in [0.1, 0.15) is 12.8 Å². The molecule has 0 spiro atoms. The average Bonchev–Trinajstić information content (AvgIpc) is 2.02. The van der Waals surface area contributed by atoms with Crippen LogP contribution in [0.25, 0.3) is 0 Å². The molecule has 0 amide bonds. The van der Waals surface area contributed by atoms with Crippen molar-refractivity contribution < 1.29 is 34.8 Å². The molecule has 2 atom stereocenters. The van der Waals surface area contributed by atoms with E-state index in [1.807, 2.05) is 0 Å². The quantitative estimate of drug-likeness (QED) is 0.438. The smallest absolute Gasteiger partial charge is 0.333 e. The summed E-state index contributed by atoms with van der Waals surface area (Å²) in [5, 5.41) is 33.9. The van der Waals surface area contributed by atoms with Gasteiger partial charge in [-0.2, -0.15) is 0 Å². The van der Waals surface area contributed by atoms with E-state index in [9.17, 15) is 14.4 Å². The fourth-order valence-electron chi connectivity index (χ4n) is 0.867. The molecule has 2 unspecified atom stereocenters. The summed E-state index contributed by atoms with van der Waals surface area (Å²) in [5.41, 5.74) is 0. The highest BCUT2D eigenvalue weighted by molar-refractivity contribution is 5.82. The minimum absolute atomic E-state index is 0.419. The second-order valence-corrected chi connectivity index (χ2v) is 2.66. The molecule has 14 heavy (non-hydrogen) atoms. The Morgan fingerprint density at radius 2 is 1.50 bits per heavy atom. The van der Waals surface area contributed by atoms with E-state index in [1.165, 1.54) is 0 Å². The van der Waals surface area contributed by atoms with Crippen molar-refractivity contribution in [1.29, 1.82) is 0 Å². The van der Waals surface area contributed by atoms with Gasteiger partial charge in [-0.1, -0.05) is 0 Å². The summed E-state index contributed by atoms with van der Waals surface area (Å²) >= 11 is 0. The van der Waals surface area contributed by atoms with Crippen LogP contribution in [-0.4, -0.2) is 44.4 Å². The highest BCUT2D eigenvalue weighted by atomic mass is 16.4. The Morgan fingerprint density at radius 1 is 1.00 bits per heavy atom.